The Balaban J connectivity index is 2.00. The molecule has 0 radical (unpaired) electrons. The minimum Gasteiger partial charge on any atom is -0.395 e. The van der Waals surface area contributed by atoms with Crippen LogP contribution in [0, 0.1) is 11.6 Å². The maximum absolute atomic E-state index is 13.4. The molecule has 3 rings (SSSR count). The van der Waals surface area contributed by atoms with E-state index in [4.69, 9.17) is 5.73 Å². The Morgan fingerprint density at radius 1 is 0.905 bits per heavy atom. The number of rotatable bonds is 2. The highest BCUT2D eigenvalue weighted by molar-refractivity contribution is 9.10. The molecule has 0 heterocycles. The number of halogens is 3. The second-order valence-corrected chi connectivity index (χ2v) is 5.60. The first-order valence-electron chi connectivity index (χ1n) is 6.24. The zero-order valence-corrected chi connectivity index (χ0v) is 12.4. The molecule has 0 aliphatic rings. The van der Waals surface area contributed by atoms with Crippen molar-refractivity contribution >= 4 is 43.8 Å². The molecule has 0 aliphatic carbocycles. The van der Waals surface area contributed by atoms with Gasteiger partial charge in [0.2, 0.25) is 0 Å². The lowest BCUT2D eigenvalue weighted by Gasteiger charge is -2.11. The molecule has 0 saturated heterocycles. The van der Waals surface area contributed by atoms with Gasteiger partial charge in [-0.3, -0.25) is 0 Å². The van der Waals surface area contributed by atoms with Gasteiger partial charge >= 0.3 is 0 Å². The zero-order valence-electron chi connectivity index (χ0n) is 10.8. The van der Waals surface area contributed by atoms with Crippen molar-refractivity contribution in [2.45, 2.75) is 0 Å². The number of nitrogens with one attached hydrogen (secondary N) is 1. The Kier molecular flexibility index (Phi) is 3.51. The van der Waals surface area contributed by atoms with Gasteiger partial charge in [-0.1, -0.05) is 28.1 Å². The van der Waals surface area contributed by atoms with Gasteiger partial charge in [0.05, 0.1) is 11.4 Å². The summed E-state index contributed by atoms with van der Waals surface area (Å²) >= 11 is 3.41. The average molecular weight is 349 g/mol. The molecule has 3 aromatic carbocycles. The minimum absolute atomic E-state index is 0.104. The summed E-state index contributed by atoms with van der Waals surface area (Å²) in [5.74, 6) is -1.45. The molecular weight excluding hydrogens is 338 g/mol. The topological polar surface area (TPSA) is 38.0 Å². The van der Waals surface area contributed by atoms with Crippen molar-refractivity contribution in [1.82, 2.24) is 0 Å². The molecule has 21 heavy (non-hydrogen) atoms. The summed E-state index contributed by atoms with van der Waals surface area (Å²) in [4.78, 5) is 0. The number of hydrogen-bond donors (Lipinski definition) is 2. The molecule has 0 amide bonds. The summed E-state index contributed by atoms with van der Waals surface area (Å²) in [5, 5.41) is 5.02. The molecule has 0 unspecified atom stereocenters. The van der Waals surface area contributed by atoms with Crippen LogP contribution in [-0.4, -0.2) is 0 Å². The van der Waals surface area contributed by atoms with Crippen LogP contribution in [0.5, 0.6) is 0 Å². The van der Waals surface area contributed by atoms with Crippen molar-refractivity contribution in [1.29, 1.82) is 0 Å². The van der Waals surface area contributed by atoms with E-state index in [0.717, 1.165) is 21.3 Å². The van der Waals surface area contributed by atoms with Gasteiger partial charge in [-0.05, 0) is 41.1 Å². The normalized spacial score (nSPS) is 10.8. The second kappa shape index (κ2) is 5.33. The van der Waals surface area contributed by atoms with Crippen LogP contribution in [0.15, 0.2) is 53.0 Å². The molecule has 5 heteroatoms. The lowest BCUT2D eigenvalue weighted by atomic mass is 10.1. The van der Waals surface area contributed by atoms with Crippen LogP contribution in [0.4, 0.5) is 25.8 Å². The van der Waals surface area contributed by atoms with E-state index >= 15 is 0 Å². The van der Waals surface area contributed by atoms with E-state index < -0.39 is 11.6 Å². The molecule has 0 spiro atoms. The number of nitrogen functional groups attached to an aromatic ring is 1. The lowest BCUT2D eigenvalue weighted by Crippen LogP contribution is -2.00. The van der Waals surface area contributed by atoms with Crippen LogP contribution in [0.25, 0.3) is 10.8 Å². The van der Waals surface area contributed by atoms with E-state index in [1.54, 1.807) is 0 Å². The minimum atomic E-state index is -0.776. The van der Waals surface area contributed by atoms with Gasteiger partial charge in [-0.2, -0.15) is 0 Å². The number of fused-ring (bicyclic) bond motifs is 1. The highest BCUT2D eigenvalue weighted by Crippen LogP contribution is 2.29. The summed E-state index contributed by atoms with van der Waals surface area (Å²) in [6.45, 7) is 0. The molecule has 0 aromatic heterocycles. The standard InChI is InChI=1S/C16H11BrF2N2/c17-11-3-1-10-6-13(4-2-9(10)5-11)21-15-8-12(18)7-14(19)16(15)20/h1-8,21H,20H2. The summed E-state index contributed by atoms with van der Waals surface area (Å²) in [6, 6.07) is 13.5. The van der Waals surface area contributed by atoms with Crippen LogP contribution in [0.1, 0.15) is 0 Å². The molecular formula is C16H11BrF2N2. The third-order valence-electron chi connectivity index (χ3n) is 3.18. The zero-order chi connectivity index (χ0) is 15.0. The quantitative estimate of drug-likeness (QED) is 0.624. The van der Waals surface area contributed by atoms with Crippen molar-refractivity contribution in [3.63, 3.8) is 0 Å². The fourth-order valence-corrected chi connectivity index (χ4v) is 2.52. The van der Waals surface area contributed by atoms with E-state index in [1.807, 2.05) is 36.4 Å². The lowest BCUT2D eigenvalue weighted by molar-refractivity contribution is 0.587. The highest BCUT2D eigenvalue weighted by Gasteiger charge is 2.08. The number of anilines is 3. The molecule has 3 N–H and O–H groups in total. The van der Waals surface area contributed by atoms with Gasteiger partial charge in [0.1, 0.15) is 5.82 Å². The van der Waals surface area contributed by atoms with E-state index in [2.05, 4.69) is 21.2 Å². The highest BCUT2D eigenvalue weighted by atomic mass is 79.9. The molecule has 0 aliphatic heterocycles. The molecule has 106 valence electrons. The Morgan fingerprint density at radius 2 is 1.62 bits per heavy atom. The van der Waals surface area contributed by atoms with E-state index in [-0.39, 0.29) is 11.4 Å². The molecule has 0 atom stereocenters. The first-order chi connectivity index (χ1) is 10.0. The molecule has 0 saturated carbocycles. The van der Waals surface area contributed by atoms with Crippen LogP contribution < -0.4 is 11.1 Å². The van der Waals surface area contributed by atoms with E-state index in [9.17, 15) is 8.78 Å². The van der Waals surface area contributed by atoms with Crippen LogP contribution in [0.3, 0.4) is 0 Å². The third-order valence-corrected chi connectivity index (χ3v) is 3.67. The number of benzene rings is 3. The Hall–Kier alpha value is -2.14. The smallest absolute Gasteiger partial charge is 0.151 e. The first kappa shape index (κ1) is 13.8. The van der Waals surface area contributed by atoms with E-state index in [1.165, 1.54) is 6.07 Å². The SMILES string of the molecule is Nc1c(F)cc(F)cc1Nc1ccc2cc(Br)ccc2c1. The maximum atomic E-state index is 13.4. The van der Waals surface area contributed by atoms with Crippen molar-refractivity contribution in [3.8, 4) is 0 Å². The fourth-order valence-electron chi connectivity index (χ4n) is 2.14. The van der Waals surface area contributed by atoms with Crippen molar-refractivity contribution in [2.75, 3.05) is 11.1 Å². The van der Waals surface area contributed by atoms with Crippen molar-refractivity contribution in [3.05, 3.63) is 64.6 Å². The predicted octanol–water partition coefficient (Wildman–Crippen LogP) is 5.21. The van der Waals surface area contributed by atoms with Crippen LogP contribution >= 0.6 is 15.9 Å². The Bertz CT molecular complexity index is 834. The number of nitrogens with two attached hydrogens (primary N) is 1. The second-order valence-electron chi connectivity index (χ2n) is 4.68. The van der Waals surface area contributed by atoms with Gasteiger partial charge in [0.25, 0.3) is 0 Å². The van der Waals surface area contributed by atoms with Gasteiger partial charge in [-0.15, -0.1) is 0 Å². The third kappa shape index (κ3) is 2.83. The summed E-state index contributed by atoms with van der Waals surface area (Å²) in [5.41, 5.74) is 6.44. The molecule has 0 bridgehead atoms. The van der Waals surface area contributed by atoms with Crippen LogP contribution in [-0.2, 0) is 0 Å². The Labute approximate surface area is 128 Å². The predicted molar refractivity (Wildman–Crippen MR) is 85.7 cm³/mol. The molecule has 0 fully saturated rings. The number of hydrogen-bond acceptors (Lipinski definition) is 2. The maximum Gasteiger partial charge on any atom is 0.151 e. The molecule has 2 nitrogen and oxygen atoms in total. The van der Waals surface area contributed by atoms with Gasteiger partial charge in [0, 0.05) is 16.2 Å². The first-order valence-corrected chi connectivity index (χ1v) is 7.03. The van der Waals surface area contributed by atoms with Crippen molar-refractivity contribution in [2.24, 2.45) is 0 Å². The average Bonchev–Trinajstić information content (AvgIpc) is 2.44. The largest absolute Gasteiger partial charge is 0.395 e. The van der Waals surface area contributed by atoms with E-state index in [0.29, 0.717) is 5.69 Å². The van der Waals surface area contributed by atoms with Crippen LogP contribution in [0.2, 0.25) is 0 Å². The summed E-state index contributed by atoms with van der Waals surface area (Å²) in [6.07, 6.45) is 0. The molecule has 3 aromatic rings. The monoisotopic (exact) mass is 348 g/mol. The summed E-state index contributed by atoms with van der Waals surface area (Å²) in [7, 11) is 0. The van der Waals surface area contributed by atoms with Gasteiger partial charge < -0.3 is 11.1 Å². The van der Waals surface area contributed by atoms with Crippen molar-refractivity contribution < 1.29 is 8.78 Å². The van der Waals surface area contributed by atoms with Gasteiger partial charge in [-0.25, -0.2) is 8.78 Å². The summed E-state index contributed by atoms with van der Waals surface area (Å²) < 4.78 is 27.7. The Morgan fingerprint density at radius 3 is 2.43 bits per heavy atom. The van der Waals surface area contributed by atoms with Gasteiger partial charge in [0.15, 0.2) is 5.82 Å². The fraction of sp³-hybridized carbons (Fsp3) is 0.